The van der Waals surface area contributed by atoms with Gasteiger partial charge in [-0.05, 0) is 39.2 Å². The van der Waals surface area contributed by atoms with Gasteiger partial charge in [-0.1, -0.05) is 0 Å². The Bertz CT molecular complexity index is 430. The molecule has 0 bridgehead atoms. The number of nitrogens with one attached hydrogen (secondary N) is 1. The first kappa shape index (κ1) is 14.4. The van der Waals surface area contributed by atoms with E-state index in [1.54, 1.807) is 7.11 Å². The first-order chi connectivity index (χ1) is 9.73. The number of nitrogens with zero attached hydrogens (tertiary/aromatic N) is 2. The Hall–Kier alpha value is -0.490. The third kappa shape index (κ3) is 2.77. The summed E-state index contributed by atoms with van der Waals surface area (Å²) >= 11 is 1.95. The number of methoxy groups -OCH3 is 1. The van der Waals surface area contributed by atoms with Crippen LogP contribution in [-0.4, -0.2) is 50.3 Å². The number of fused-ring (bicyclic) bond motifs is 1. The fraction of sp³-hybridized carbons (Fsp3) is 0.800. The molecule has 1 aliphatic carbocycles. The van der Waals surface area contributed by atoms with Gasteiger partial charge in [-0.3, -0.25) is 0 Å². The zero-order valence-electron chi connectivity index (χ0n) is 12.6. The van der Waals surface area contributed by atoms with Crippen LogP contribution >= 0.6 is 11.3 Å². The highest BCUT2D eigenvalue weighted by Crippen LogP contribution is 2.38. The van der Waals surface area contributed by atoms with Crippen LogP contribution in [0.3, 0.4) is 0 Å². The van der Waals surface area contributed by atoms with Crippen molar-refractivity contribution >= 4 is 11.3 Å². The lowest BCUT2D eigenvalue weighted by Gasteiger charge is -2.40. The Labute approximate surface area is 125 Å². The molecule has 2 heterocycles. The van der Waals surface area contributed by atoms with Crippen molar-refractivity contribution in [1.82, 2.24) is 15.2 Å². The summed E-state index contributed by atoms with van der Waals surface area (Å²) in [5.41, 5.74) is 1.46. The zero-order chi connectivity index (χ0) is 14.0. The zero-order valence-corrected chi connectivity index (χ0v) is 13.4. The average molecular weight is 295 g/mol. The molecule has 1 aromatic rings. The minimum atomic E-state index is 0.0834. The Morgan fingerprint density at radius 1 is 1.35 bits per heavy atom. The molecule has 4 nitrogen and oxygen atoms in total. The monoisotopic (exact) mass is 295 g/mol. The van der Waals surface area contributed by atoms with Gasteiger partial charge in [0.05, 0.1) is 17.8 Å². The van der Waals surface area contributed by atoms with Crippen LogP contribution in [0.5, 0.6) is 0 Å². The highest BCUT2D eigenvalue weighted by atomic mass is 32.1. The molecule has 112 valence electrons. The van der Waals surface area contributed by atoms with Gasteiger partial charge < -0.3 is 15.0 Å². The van der Waals surface area contributed by atoms with Crippen LogP contribution in [0.2, 0.25) is 0 Å². The number of rotatable bonds is 5. The van der Waals surface area contributed by atoms with E-state index in [-0.39, 0.29) is 5.54 Å². The maximum atomic E-state index is 5.21. The molecule has 0 radical (unpaired) electrons. The van der Waals surface area contributed by atoms with Gasteiger partial charge in [0.15, 0.2) is 0 Å². The molecule has 0 unspecified atom stereocenters. The van der Waals surface area contributed by atoms with E-state index in [4.69, 9.17) is 9.72 Å². The summed E-state index contributed by atoms with van der Waals surface area (Å²) < 4.78 is 5.21. The molecule has 0 saturated carbocycles. The Balaban J connectivity index is 1.80. The largest absolute Gasteiger partial charge is 0.383 e. The number of thiazole rings is 1. The third-order valence-corrected chi connectivity index (χ3v) is 5.98. The topological polar surface area (TPSA) is 37.4 Å². The van der Waals surface area contributed by atoms with E-state index in [1.165, 1.54) is 34.8 Å². The SMILES string of the molecule is COCCNC1(c2nc3c(s2)CCC3)CCN(C)CC1. The van der Waals surface area contributed by atoms with Crippen LogP contribution in [-0.2, 0) is 23.1 Å². The van der Waals surface area contributed by atoms with Crippen molar-refractivity contribution < 1.29 is 4.74 Å². The fourth-order valence-corrected chi connectivity index (χ4v) is 4.63. The second-order valence-electron chi connectivity index (χ2n) is 6.05. The van der Waals surface area contributed by atoms with E-state index in [0.29, 0.717) is 0 Å². The maximum absolute atomic E-state index is 5.21. The summed E-state index contributed by atoms with van der Waals surface area (Å²) in [5, 5.41) is 5.08. The molecule has 0 spiro atoms. The molecular weight excluding hydrogens is 270 g/mol. The van der Waals surface area contributed by atoms with Crippen LogP contribution in [0, 0.1) is 0 Å². The van der Waals surface area contributed by atoms with Gasteiger partial charge in [-0.15, -0.1) is 11.3 Å². The molecular formula is C15H25N3OS. The van der Waals surface area contributed by atoms with Crippen molar-refractivity contribution in [3.8, 4) is 0 Å². The highest BCUT2D eigenvalue weighted by Gasteiger charge is 2.38. The van der Waals surface area contributed by atoms with Gasteiger partial charge >= 0.3 is 0 Å². The number of aryl methyl sites for hydroxylation is 2. The molecule has 1 aliphatic heterocycles. The van der Waals surface area contributed by atoms with Crippen molar-refractivity contribution in [3.05, 3.63) is 15.6 Å². The van der Waals surface area contributed by atoms with Gasteiger partial charge in [0, 0.05) is 31.6 Å². The van der Waals surface area contributed by atoms with Gasteiger partial charge in [-0.25, -0.2) is 4.98 Å². The normalized spacial score (nSPS) is 22.1. The molecule has 0 atom stereocenters. The van der Waals surface area contributed by atoms with Gasteiger partial charge in [0.25, 0.3) is 0 Å². The van der Waals surface area contributed by atoms with Crippen LogP contribution in [0.25, 0.3) is 0 Å². The number of aromatic nitrogens is 1. The molecule has 1 fully saturated rings. The minimum Gasteiger partial charge on any atom is -0.383 e. The maximum Gasteiger partial charge on any atom is 0.113 e. The van der Waals surface area contributed by atoms with Crippen LogP contribution in [0.4, 0.5) is 0 Å². The highest BCUT2D eigenvalue weighted by molar-refractivity contribution is 7.12. The van der Waals surface area contributed by atoms with E-state index in [1.807, 2.05) is 11.3 Å². The number of ether oxygens (including phenoxy) is 1. The van der Waals surface area contributed by atoms with E-state index >= 15 is 0 Å². The molecule has 1 aromatic heterocycles. The molecule has 3 rings (SSSR count). The first-order valence-corrected chi connectivity index (χ1v) is 8.47. The first-order valence-electron chi connectivity index (χ1n) is 7.65. The second kappa shape index (κ2) is 6.10. The number of hydrogen-bond acceptors (Lipinski definition) is 5. The third-order valence-electron chi connectivity index (χ3n) is 4.62. The summed E-state index contributed by atoms with van der Waals surface area (Å²) in [4.78, 5) is 8.94. The standard InChI is InChI=1S/C15H25N3OS/c1-18-9-6-15(7-10-18,16-8-11-19-2)14-17-12-4-3-5-13(12)20-14/h16H,3-11H2,1-2H3. The number of hydrogen-bond donors (Lipinski definition) is 1. The number of likely N-dealkylation sites (tertiary alicyclic amines) is 1. The molecule has 0 amide bonds. The van der Waals surface area contributed by atoms with E-state index < -0.39 is 0 Å². The van der Waals surface area contributed by atoms with Gasteiger partial charge in [-0.2, -0.15) is 0 Å². The van der Waals surface area contributed by atoms with Crippen LogP contribution < -0.4 is 5.32 Å². The molecule has 0 aromatic carbocycles. The molecule has 5 heteroatoms. The molecule has 20 heavy (non-hydrogen) atoms. The van der Waals surface area contributed by atoms with Crippen molar-refractivity contribution in [3.63, 3.8) is 0 Å². The van der Waals surface area contributed by atoms with E-state index in [9.17, 15) is 0 Å². The summed E-state index contributed by atoms with van der Waals surface area (Å²) in [6.07, 6.45) is 6.02. The lowest BCUT2D eigenvalue weighted by Crippen LogP contribution is -2.51. The van der Waals surface area contributed by atoms with E-state index in [0.717, 1.165) is 39.1 Å². The van der Waals surface area contributed by atoms with Crippen LogP contribution in [0.15, 0.2) is 0 Å². The predicted molar refractivity (Wildman–Crippen MR) is 82.4 cm³/mol. The van der Waals surface area contributed by atoms with Crippen molar-refractivity contribution in [2.45, 2.75) is 37.6 Å². The molecule has 2 aliphatic rings. The van der Waals surface area contributed by atoms with E-state index in [2.05, 4.69) is 17.3 Å². The number of piperidine rings is 1. The van der Waals surface area contributed by atoms with Crippen molar-refractivity contribution in [2.75, 3.05) is 40.4 Å². The summed E-state index contributed by atoms with van der Waals surface area (Å²) in [7, 11) is 3.97. The Morgan fingerprint density at radius 2 is 2.15 bits per heavy atom. The van der Waals surface area contributed by atoms with Crippen molar-refractivity contribution in [1.29, 1.82) is 0 Å². The Morgan fingerprint density at radius 3 is 2.85 bits per heavy atom. The minimum absolute atomic E-state index is 0.0834. The summed E-state index contributed by atoms with van der Waals surface area (Å²) in [6, 6.07) is 0. The average Bonchev–Trinajstić information content (AvgIpc) is 3.03. The lowest BCUT2D eigenvalue weighted by atomic mass is 9.88. The smallest absolute Gasteiger partial charge is 0.113 e. The predicted octanol–water partition coefficient (Wildman–Crippen LogP) is 1.79. The second-order valence-corrected chi connectivity index (χ2v) is 7.13. The van der Waals surface area contributed by atoms with Gasteiger partial charge in [0.1, 0.15) is 5.01 Å². The lowest BCUT2D eigenvalue weighted by molar-refractivity contribution is 0.134. The quantitative estimate of drug-likeness (QED) is 0.841. The van der Waals surface area contributed by atoms with Crippen LogP contribution in [0.1, 0.15) is 34.8 Å². The summed E-state index contributed by atoms with van der Waals surface area (Å²) in [6.45, 7) is 3.96. The molecule has 1 N–H and O–H groups in total. The summed E-state index contributed by atoms with van der Waals surface area (Å²) in [5.74, 6) is 0. The Kier molecular flexibility index (Phi) is 4.40. The fourth-order valence-electron chi connectivity index (χ4n) is 3.25. The molecule has 1 saturated heterocycles. The van der Waals surface area contributed by atoms with Crippen molar-refractivity contribution in [2.24, 2.45) is 0 Å². The van der Waals surface area contributed by atoms with Gasteiger partial charge in [0.2, 0.25) is 0 Å².